The summed E-state index contributed by atoms with van der Waals surface area (Å²) in [6, 6.07) is 6.25. The van der Waals surface area contributed by atoms with E-state index in [1.54, 1.807) is 7.11 Å². The third kappa shape index (κ3) is 4.14. The highest BCUT2D eigenvalue weighted by molar-refractivity contribution is 9.10. The highest BCUT2D eigenvalue weighted by atomic mass is 79.9. The van der Waals surface area contributed by atoms with Crippen LogP contribution in [0.3, 0.4) is 0 Å². The number of ether oxygens (including phenoxy) is 1. The summed E-state index contributed by atoms with van der Waals surface area (Å²) in [4.78, 5) is 2.34. The number of hydrogen-bond donors (Lipinski definition) is 0. The maximum Gasteiger partial charge on any atom is 0.133 e. The number of hydrogen-bond acceptors (Lipinski definition) is 2. The number of nitrogens with zero attached hydrogens (tertiary/aromatic N) is 1. The van der Waals surface area contributed by atoms with Crippen molar-refractivity contribution in [2.45, 2.75) is 26.3 Å². The minimum absolute atomic E-state index is 0.889. The third-order valence-corrected chi connectivity index (χ3v) is 3.18. The largest absolute Gasteiger partial charge is 0.496 e. The van der Waals surface area contributed by atoms with Gasteiger partial charge >= 0.3 is 0 Å². The number of unbranched alkanes of at least 4 members (excludes halogenated alkanes) is 1. The van der Waals surface area contributed by atoms with Gasteiger partial charge in [0.05, 0.1) is 11.6 Å². The van der Waals surface area contributed by atoms with Gasteiger partial charge in [-0.15, -0.1) is 0 Å². The first-order valence-corrected chi connectivity index (χ1v) is 6.47. The van der Waals surface area contributed by atoms with Gasteiger partial charge in [-0.2, -0.15) is 0 Å². The summed E-state index contributed by atoms with van der Waals surface area (Å²) in [6.45, 7) is 4.36. The Morgan fingerprint density at radius 2 is 2.12 bits per heavy atom. The third-order valence-electron chi connectivity index (χ3n) is 2.56. The van der Waals surface area contributed by atoms with Crippen molar-refractivity contribution >= 4 is 15.9 Å². The van der Waals surface area contributed by atoms with Gasteiger partial charge in [-0.1, -0.05) is 19.4 Å². The van der Waals surface area contributed by atoms with Crippen LogP contribution in [0, 0.1) is 0 Å². The van der Waals surface area contributed by atoms with E-state index in [0.29, 0.717) is 0 Å². The zero-order chi connectivity index (χ0) is 12.0. The molecule has 0 unspecified atom stereocenters. The van der Waals surface area contributed by atoms with E-state index in [-0.39, 0.29) is 0 Å². The molecule has 0 amide bonds. The zero-order valence-electron chi connectivity index (χ0n) is 10.3. The Morgan fingerprint density at radius 1 is 1.38 bits per heavy atom. The fraction of sp³-hybridized carbons (Fsp3) is 0.538. The van der Waals surface area contributed by atoms with Crippen molar-refractivity contribution in [2.24, 2.45) is 0 Å². The summed E-state index contributed by atoms with van der Waals surface area (Å²) in [5.41, 5.74) is 1.31. The van der Waals surface area contributed by atoms with E-state index in [1.807, 2.05) is 6.07 Å². The van der Waals surface area contributed by atoms with Gasteiger partial charge < -0.3 is 9.64 Å². The van der Waals surface area contributed by atoms with Crippen LogP contribution in [0.2, 0.25) is 0 Å². The first kappa shape index (κ1) is 13.5. The summed E-state index contributed by atoms with van der Waals surface area (Å²) < 4.78 is 6.23. The summed E-state index contributed by atoms with van der Waals surface area (Å²) >= 11 is 3.51. The molecule has 90 valence electrons. The Bertz CT molecular complexity index is 328. The van der Waals surface area contributed by atoms with E-state index >= 15 is 0 Å². The van der Waals surface area contributed by atoms with Gasteiger partial charge in [-0.05, 0) is 53.6 Å². The van der Waals surface area contributed by atoms with Crippen molar-refractivity contribution in [3.63, 3.8) is 0 Å². The number of halogens is 1. The molecule has 0 fully saturated rings. The van der Waals surface area contributed by atoms with Crippen LogP contribution in [0.4, 0.5) is 0 Å². The van der Waals surface area contributed by atoms with Crippen LogP contribution in [-0.2, 0) is 6.54 Å². The first-order chi connectivity index (χ1) is 7.67. The van der Waals surface area contributed by atoms with E-state index in [9.17, 15) is 0 Å². The second-order valence-electron chi connectivity index (χ2n) is 4.06. The molecule has 0 aliphatic carbocycles. The molecule has 0 saturated carbocycles. The Labute approximate surface area is 107 Å². The molecule has 0 atom stereocenters. The molecule has 0 N–H and O–H groups in total. The molecule has 1 rings (SSSR count). The van der Waals surface area contributed by atoms with Gasteiger partial charge in [-0.25, -0.2) is 0 Å². The zero-order valence-corrected chi connectivity index (χ0v) is 11.9. The average Bonchev–Trinajstić information content (AvgIpc) is 2.26. The van der Waals surface area contributed by atoms with Crippen LogP contribution >= 0.6 is 15.9 Å². The lowest BCUT2D eigenvalue weighted by Crippen LogP contribution is -2.18. The monoisotopic (exact) mass is 285 g/mol. The molecule has 0 aliphatic heterocycles. The van der Waals surface area contributed by atoms with Crippen LogP contribution in [0.15, 0.2) is 22.7 Å². The fourth-order valence-corrected chi connectivity index (χ4v) is 2.22. The highest BCUT2D eigenvalue weighted by Crippen LogP contribution is 2.25. The average molecular weight is 286 g/mol. The van der Waals surface area contributed by atoms with Crippen LogP contribution in [0.5, 0.6) is 5.75 Å². The molecule has 2 nitrogen and oxygen atoms in total. The minimum atomic E-state index is 0.889. The molecular formula is C13H20BrNO. The second kappa shape index (κ2) is 6.92. The normalized spacial score (nSPS) is 10.8. The van der Waals surface area contributed by atoms with Crippen LogP contribution < -0.4 is 4.74 Å². The van der Waals surface area contributed by atoms with E-state index in [4.69, 9.17) is 4.74 Å². The summed E-state index contributed by atoms with van der Waals surface area (Å²) in [5, 5.41) is 0. The van der Waals surface area contributed by atoms with Gasteiger partial charge in [0, 0.05) is 6.54 Å². The van der Waals surface area contributed by atoms with E-state index in [0.717, 1.165) is 23.3 Å². The maximum atomic E-state index is 5.21. The van der Waals surface area contributed by atoms with E-state index in [1.165, 1.54) is 18.4 Å². The number of benzene rings is 1. The van der Waals surface area contributed by atoms with Crippen molar-refractivity contribution in [1.82, 2.24) is 4.90 Å². The van der Waals surface area contributed by atoms with Crippen molar-refractivity contribution in [2.75, 3.05) is 20.7 Å². The Kier molecular flexibility index (Phi) is 5.85. The van der Waals surface area contributed by atoms with Gasteiger partial charge in [0.2, 0.25) is 0 Å². The quantitative estimate of drug-likeness (QED) is 0.790. The Morgan fingerprint density at radius 3 is 2.69 bits per heavy atom. The lowest BCUT2D eigenvalue weighted by atomic mass is 10.2. The maximum absolute atomic E-state index is 5.21. The molecule has 0 radical (unpaired) electrons. The smallest absolute Gasteiger partial charge is 0.133 e. The molecule has 0 aliphatic rings. The van der Waals surface area contributed by atoms with Crippen molar-refractivity contribution < 1.29 is 4.74 Å². The summed E-state index contributed by atoms with van der Waals surface area (Å²) in [7, 11) is 3.85. The van der Waals surface area contributed by atoms with E-state index < -0.39 is 0 Å². The molecule has 0 heterocycles. The van der Waals surface area contributed by atoms with Crippen LogP contribution in [0.1, 0.15) is 25.3 Å². The van der Waals surface area contributed by atoms with E-state index in [2.05, 4.69) is 46.9 Å². The summed E-state index contributed by atoms with van der Waals surface area (Å²) in [6.07, 6.45) is 2.50. The van der Waals surface area contributed by atoms with Gasteiger partial charge in [0.15, 0.2) is 0 Å². The van der Waals surface area contributed by atoms with Crippen LogP contribution in [0.25, 0.3) is 0 Å². The SMILES string of the molecule is CCCCN(C)Cc1ccc(OC)c(Br)c1. The van der Waals surface area contributed by atoms with Crippen molar-refractivity contribution in [3.05, 3.63) is 28.2 Å². The lowest BCUT2D eigenvalue weighted by molar-refractivity contribution is 0.320. The minimum Gasteiger partial charge on any atom is -0.496 e. The molecule has 0 saturated heterocycles. The molecule has 3 heteroatoms. The first-order valence-electron chi connectivity index (χ1n) is 5.68. The fourth-order valence-electron chi connectivity index (χ4n) is 1.63. The van der Waals surface area contributed by atoms with Crippen molar-refractivity contribution in [1.29, 1.82) is 0 Å². The molecule has 0 aromatic heterocycles. The topological polar surface area (TPSA) is 12.5 Å². The molecule has 0 spiro atoms. The standard InChI is InChI=1S/C13H20BrNO/c1-4-5-8-15(2)10-11-6-7-13(16-3)12(14)9-11/h6-7,9H,4-5,8,10H2,1-3H3. The predicted molar refractivity (Wildman–Crippen MR) is 71.9 cm³/mol. The Hall–Kier alpha value is -0.540. The predicted octanol–water partition coefficient (Wildman–Crippen LogP) is 3.69. The van der Waals surface area contributed by atoms with Gasteiger partial charge in [0.1, 0.15) is 5.75 Å². The Balaban J connectivity index is 2.57. The van der Waals surface area contributed by atoms with Crippen LogP contribution in [-0.4, -0.2) is 25.6 Å². The molecular weight excluding hydrogens is 266 g/mol. The molecule has 0 bridgehead atoms. The highest BCUT2D eigenvalue weighted by Gasteiger charge is 2.03. The van der Waals surface area contributed by atoms with Gasteiger partial charge in [0.25, 0.3) is 0 Å². The molecule has 1 aromatic rings. The number of rotatable bonds is 6. The second-order valence-corrected chi connectivity index (χ2v) is 4.91. The molecule has 1 aromatic carbocycles. The van der Waals surface area contributed by atoms with Gasteiger partial charge in [-0.3, -0.25) is 0 Å². The molecule has 16 heavy (non-hydrogen) atoms. The lowest BCUT2D eigenvalue weighted by Gasteiger charge is -2.16. The summed E-state index contributed by atoms with van der Waals surface area (Å²) in [5.74, 6) is 0.889. The number of methoxy groups -OCH3 is 1. The van der Waals surface area contributed by atoms with Crippen molar-refractivity contribution in [3.8, 4) is 5.75 Å².